The van der Waals surface area contributed by atoms with E-state index in [0.717, 1.165) is 5.06 Å². The van der Waals surface area contributed by atoms with Gasteiger partial charge in [-0.1, -0.05) is 24.8 Å². The summed E-state index contributed by atoms with van der Waals surface area (Å²) >= 11 is 0. The van der Waals surface area contributed by atoms with Crippen molar-refractivity contribution in [1.82, 2.24) is 0 Å². The lowest BCUT2D eigenvalue weighted by molar-refractivity contribution is -0.112. The van der Waals surface area contributed by atoms with Crippen LogP contribution in [-0.2, 0) is 9.63 Å². The molecular weight excluding hydrogens is 154 g/mol. The van der Waals surface area contributed by atoms with Gasteiger partial charge in [0.15, 0.2) is 0 Å². The molecule has 0 aromatic heterocycles. The Morgan fingerprint density at radius 2 is 2.00 bits per heavy atom. The fraction of sp³-hybridized carbons (Fsp3) is 0. The van der Waals surface area contributed by atoms with E-state index in [1.807, 2.05) is 18.2 Å². The summed E-state index contributed by atoms with van der Waals surface area (Å²) in [5.74, 6) is 0. The van der Waals surface area contributed by atoms with E-state index < -0.39 is 0 Å². The lowest BCUT2D eigenvalue weighted by Crippen LogP contribution is -2.17. The van der Waals surface area contributed by atoms with Crippen LogP contribution in [0, 0.1) is 0 Å². The van der Waals surface area contributed by atoms with Crippen molar-refractivity contribution in [3.63, 3.8) is 0 Å². The van der Waals surface area contributed by atoms with Gasteiger partial charge in [0.1, 0.15) is 6.26 Å². The molecule has 0 fully saturated rings. The summed E-state index contributed by atoms with van der Waals surface area (Å²) in [6.45, 7) is 3.35. The summed E-state index contributed by atoms with van der Waals surface area (Å²) in [7, 11) is 0. The standard InChI is InChI=1S/C9H9NO2/c1-2-12-10(8-11)9-6-4-3-5-7-9/h2-8H,1H2. The number of carbonyl (C=O) groups excluding carboxylic acids is 1. The molecule has 0 aliphatic rings. The van der Waals surface area contributed by atoms with Crippen molar-refractivity contribution in [1.29, 1.82) is 0 Å². The molecule has 12 heavy (non-hydrogen) atoms. The van der Waals surface area contributed by atoms with Gasteiger partial charge in [-0.15, -0.1) is 5.06 Å². The maximum atomic E-state index is 10.4. The Morgan fingerprint density at radius 3 is 2.50 bits per heavy atom. The van der Waals surface area contributed by atoms with Gasteiger partial charge >= 0.3 is 0 Å². The number of anilines is 1. The molecule has 0 unspecified atom stereocenters. The molecule has 3 nitrogen and oxygen atoms in total. The van der Waals surface area contributed by atoms with Crippen LogP contribution in [0.3, 0.4) is 0 Å². The van der Waals surface area contributed by atoms with Gasteiger partial charge in [-0.3, -0.25) is 4.79 Å². The van der Waals surface area contributed by atoms with Gasteiger partial charge in [-0.2, -0.15) is 0 Å². The largest absolute Gasteiger partial charge is 0.381 e. The first-order valence-electron chi connectivity index (χ1n) is 3.45. The predicted molar refractivity (Wildman–Crippen MR) is 46.3 cm³/mol. The number of benzene rings is 1. The number of hydrogen-bond acceptors (Lipinski definition) is 2. The minimum absolute atomic E-state index is 0.580. The van der Waals surface area contributed by atoms with Crippen molar-refractivity contribution in [2.75, 3.05) is 5.06 Å². The molecule has 0 saturated heterocycles. The zero-order valence-corrected chi connectivity index (χ0v) is 6.51. The molecule has 0 atom stereocenters. The molecule has 0 heterocycles. The Balaban J connectivity index is 2.79. The molecule has 62 valence electrons. The van der Waals surface area contributed by atoms with E-state index >= 15 is 0 Å². The summed E-state index contributed by atoms with van der Waals surface area (Å²) < 4.78 is 0. The molecule has 1 aromatic carbocycles. The van der Waals surface area contributed by atoms with Crippen molar-refractivity contribution in [3.05, 3.63) is 43.2 Å². The van der Waals surface area contributed by atoms with Gasteiger partial charge in [0, 0.05) is 0 Å². The Bertz CT molecular complexity index is 258. The zero-order chi connectivity index (χ0) is 8.81. The van der Waals surface area contributed by atoms with Gasteiger partial charge in [-0.05, 0) is 12.1 Å². The number of rotatable bonds is 4. The fourth-order valence-electron chi connectivity index (χ4n) is 0.802. The van der Waals surface area contributed by atoms with Gasteiger partial charge in [-0.25, -0.2) is 0 Å². The highest BCUT2D eigenvalue weighted by Gasteiger charge is 2.01. The van der Waals surface area contributed by atoms with Crippen LogP contribution in [0.4, 0.5) is 5.69 Å². The molecule has 0 saturated carbocycles. The number of carbonyl (C=O) groups is 1. The maximum Gasteiger partial charge on any atom is 0.247 e. The zero-order valence-electron chi connectivity index (χ0n) is 6.51. The summed E-state index contributed by atoms with van der Waals surface area (Å²) in [5, 5.41) is 1.09. The van der Waals surface area contributed by atoms with E-state index in [4.69, 9.17) is 4.84 Å². The summed E-state index contributed by atoms with van der Waals surface area (Å²) in [6, 6.07) is 9.02. The smallest absolute Gasteiger partial charge is 0.247 e. The third-order valence-corrected chi connectivity index (χ3v) is 1.29. The Hall–Kier alpha value is -1.77. The SMILES string of the molecule is C=CON(C=O)c1ccccc1. The molecule has 1 amide bonds. The average molecular weight is 163 g/mol. The Morgan fingerprint density at radius 1 is 1.33 bits per heavy atom. The average Bonchev–Trinajstić information content (AvgIpc) is 2.15. The second kappa shape index (κ2) is 4.18. The van der Waals surface area contributed by atoms with Crippen LogP contribution < -0.4 is 5.06 Å². The van der Waals surface area contributed by atoms with Crippen molar-refractivity contribution >= 4 is 12.1 Å². The molecule has 1 rings (SSSR count). The van der Waals surface area contributed by atoms with Crippen LogP contribution in [-0.4, -0.2) is 6.41 Å². The second-order valence-electron chi connectivity index (χ2n) is 2.04. The molecule has 0 N–H and O–H groups in total. The lowest BCUT2D eigenvalue weighted by Gasteiger charge is -2.13. The topological polar surface area (TPSA) is 29.5 Å². The highest BCUT2D eigenvalue weighted by molar-refractivity contribution is 5.71. The molecular formula is C9H9NO2. The van der Waals surface area contributed by atoms with E-state index in [9.17, 15) is 4.79 Å². The van der Waals surface area contributed by atoms with Crippen molar-refractivity contribution < 1.29 is 9.63 Å². The highest BCUT2D eigenvalue weighted by Crippen LogP contribution is 2.11. The van der Waals surface area contributed by atoms with Crippen LogP contribution in [0.5, 0.6) is 0 Å². The summed E-state index contributed by atoms with van der Waals surface area (Å²) in [6.07, 6.45) is 1.78. The first-order chi connectivity index (χ1) is 5.88. The van der Waals surface area contributed by atoms with Gasteiger partial charge in [0.05, 0.1) is 5.69 Å². The van der Waals surface area contributed by atoms with E-state index in [-0.39, 0.29) is 0 Å². The Labute approximate surface area is 70.8 Å². The minimum Gasteiger partial charge on any atom is -0.381 e. The minimum atomic E-state index is 0.580. The second-order valence-corrected chi connectivity index (χ2v) is 2.04. The first-order valence-corrected chi connectivity index (χ1v) is 3.45. The number of hydroxylamine groups is 1. The van der Waals surface area contributed by atoms with E-state index in [0.29, 0.717) is 12.1 Å². The summed E-state index contributed by atoms with van der Waals surface area (Å²) in [4.78, 5) is 15.3. The number of nitrogens with zero attached hydrogens (tertiary/aromatic N) is 1. The van der Waals surface area contributed by atoms with E-state index in [1.165, 1.54) is 6.26 Å². The first kappa shape index (κ1) is 8.33. The maximum absolute atomic E-state index is 10.4. The molecule has 0 spiro atoms. The van der Waals surface area contributed by atoms with E-state index in [1.54, 1.807) is 12.1 Å². The van der Waals surface area contributed by atoms with Crippen molar-refractivity contribution in [2.24, 2.45) is 0 Å². The van der Waals surface area contributed by atoms with Crippen LogP contribution in [0.1, 0.15) is 0 Å². The summed E-state index contributed by atoms with van der Waals surface area (Å²) in [5.41, 5.74) is 0.674. The normalized spacial score (nSPS) is 8.67. The molecule has 0 aliphatic heterocycles. The number of hydrogen-bond donors (Lipinski definition) is 0. The van der Waals surface area contributed by atoms with Gasteiger partial charge < -0.3 is 4.84 Å². The fourth-order valence-corrected chi connectivity index (χ4v) is 0.802. The van der Waals surface area contributed by atoms with Gasteiger partial charge in [0.2, 0.25) is 6.41 Å². The molecule has 0 bridgehead atoms. The Kier molecular flexibility index (Phi) is 2.90. The number of amides is 1. The van der Waals surface area contributed by atoms with Gasteiger partial charge in [0.25, 0.3) is 0 Å². The third kappa shape index (κ3) is 1.85. The van der Waals surface area contributed by atoms with Crippen LogP contribution >= 0.6 is 0 Å². The molecule has 3 heteroatoms. The van der Waals surface area contributed by atoms with Crippen LogP contribution in [0.25, 0.3) is 0 Å². The van der Waals surface area contributed by atoms with Crippen molar-refractivity contribution in [3.8, 4) is 0 Å². The molecule has 1 aromatic rings. The van der Waals surface area contributed by atoms with Crippen LogP contribution in [0.15, 0.2) is 43.2 Å². The van der Waals surface area contributed by atoms with Crippen molar-refractivity contribution in [2.45, 2.75) is 0 Å². The van der Waals surface area contributed by atoms with E-state index in [2.05, 4.69) is 6.58 Å². The quantitative estimate of drug-likeness (QED) is 0.384. The third-order valence-electron chi connectivity index (χ3n) is 1.29. The van der Waals surface area contributed by atoms with Crippen LogP contribution in [0.2, 0.25) is 0 Å². The molecule has 0 radical (unpaired) electrons. The molecule has 0 aliphatic carbocycles. The number of para-hydroxylation sites is 1. The predicted octanol–water partition coefficient (Wildman–Crippen LogP) is 1.72. The lowest BCUT2D eigenvalue weighted by atomic mass is 10.3. The highest BCUT2D eigenvalue weighted by atomic mass is 16.7. The monoisotopic (exact) mass is 163 g/mol.